The standard InChI is InChI=1S/C30H39NO3/c1-20(32)28(3)13-12-26-24-10-9-23-17-30(33,34-19-22-7-5-21(18-31)6-8-22)16-15-27(23,2)25(24)11-14-29(26,28)4/h5-9,24-26,33H,10-17,19H2,1-4H3/t24-,25+,26+,27+,28-,29+,30?/m1/s1. The molecule has 0 spiro atoms. The molecular weight excluding hydrogens is 422 g/mol. The molecule has 0 aromatic heterocycles. The van der Waals surface area contributed by atoms with Gasteiger partial charge in [0, 0.05) is 18.3 Å². The summed E-state index contributed by atoms with van der Waals surface area (Å²) in [4.78, 5) is 12.7. The van der Waals surface area contributed by atoms with E-state index in [1.165, 1.54) is 18.4 Å². The van der Waals surface area contributed by atoms with Gasteiger partial charge in [-0.1, -0.05) is 44.6 Å². The van der Waals surface area contributed by atoms with Gasteiger partial charge >= 0.3 is 0 Å². The molecule has 0 heterocycles. The van der Waals surface area contributed by atoms with Gasteiger partial charge in [-0.15, -0.1) is 0 Å². The van der Waals surface area contributed by atoms with Crippen molar-refractivity contribution in [3.05, 3.63) is 47.0 Å². The van der Waals surface area contributed by atoms with Crippen LogP contribution in [0.3, 0.4) is 0 Å². The van der Waals surface area contributed by atoms with Gasteiger partial charge in [-0.2, -0.15) is 5.26 Å². The summed E-state index contributed by atoms with van der Waals surface area (Å²) in [6.07, 6.45) is 10.2. The smallest absolute Gasteiger partial charge is 0.169 e. The lowest BCUT2D eigenvalue weighted by Crippen LogP contribution is -2.54. The van der Waals surface area contributed by atoms with Crippen LogP contribution >= 0.6 is 0 Å². The molecule has 4 aliphatic rings. The zero-order valence-corrected chi connectivity index (χ0v) is 21.2. The number of aliphatic hydroxyl groups is 1. The lowest BCUT2D eigenvalue weighted by Gasteiger charge is -2.60. The molecule has 5 rings (SSSR count). The molecule has 0 radical (unpaired) electrons. The van der Waals surface area contributed by atoms with E-state index < -0.39 is 5.79 Å². The summed E-state index contributed by atoms with van der Waals surface area (Å²) in [7, 11) is 0. The Kier molecular flexibility index (Phi) is 5.62. The predicted octanol–water partition coefficient (Wildman–Crippen LogP) is 6.32. The van der Waals surface area contributed by atoms with E-state index >= 15 is 0 Å². The molecule has 1 unspecified atom stereocenters. The molecule has 1 N–H and O–H groups in total. The number of fused-ring (bicyclic) bond motifs is 5. The second-order valence-electron chi connectivity index (χ2n) is 12.4. The number of ketones is 1. The SMILES string of the molecule is CC(=O)[C@@]1(C)CC[C@H]2[C@@H]3CC=C4CC(O)(OCc5ccc(C#N)cc5)CC[C@]4(C)[C@H]3CC[C@@]21C. The normalized spacial score (nSPS) is 43.2. The van der Waals surface area contributed by atoms with Crippen LogP contribution in [0.2, 0.25) is 0 Å². The van der Waals surface area contributed by atoms with E-state index in [0.717, 1.165) is 31.2 Å². The van der Waals surface area contributed by atoms with Gasteiger partial charge in [0.05, 0.1) is 18.2 Å². The Labute approximate surface area is 204 Å². The average molecular weight is 462 g/mol. The fourth-order valence-electron chi connectivity index (χ4n) is 8.48. The summed E-state index contributed by atoms with van der Waals surface area (Å²) >= 11 is 0. The molecule has 0 bridgehead atoms. The van der Waals surface area contributed by atoms with Crippen molar-refractivity contribution in [2.24, 2.45) is 34.0 Å². The number of rotatable bonds is 4. The minimum absolute atomic E-state index is 0.112. The molecular formula is C30H39NO3. The Morgan fingerprint density at radius 3 is 2.47 bits per heavy atom. The van der Waals surface area contributed by atoms with E-state index in [1.807, 2.05) is 12.1 Å². The lowest BCUT2D eigenvalue weighted by molar-refractivity contribution is -0.231. The van der Waals surface area contributed by atoms with E-state index in [0.29, 0.717) is 48.5 Å². The molecule has 3 fully saturated rings. The van der Waals surface area contributed by atoms with Crippen LogP contribution in [0.5, 0.6) is 0 Å². The van der Waals surface area contributed by atoms with Crippen LogP contribution in [0.25, 0.3) is 0 Å². The van der Waals surface area contributed by atoms with E-state index in [1.54, 1.807) is 19.1 Å². The van der Waals surface area contributed by atoms with Gasteiger partial charge in [0.15, 0.2) is 5.79 Å². The number of carbonyl (C=O) groups excluding carboxylic acids is 1. The minimum Gasteiger partial charge on any atom is -0.365 e. The molecule has 4 nitrogen and oxygen atoms in total. The average Bonchev–Trinajstić information content (AvgIpc) is 3.11. The zero-order valence-electron chi connectivity index (χ0n) is 21.2. The number of ether oxygens (including phenoxy) is 1. The van der Waals surface area contributed by atoms with Crippen LogP contribution < -0.4 is 0 Å². The summed E-state index contributed by atoms with van der Waals surface area (Å²) in [5.74, 6) is 1.12. The van der Waals surface area contributed by atoms with Gasteiger partial charge in [-0.3, -0.25) is 4.79 Å². The van der Waals surface area contributed by atoms with Crippen LogP contribution in [-0.4, -0.2) is 16.7 Å². The number of nitriles is 1. The molecule has 1 aromatic carbocycles. The fourth-order valence-corrected chi connectivity index (χ4v) is 8.48. The van der Waals surface area contributed by atoms with Gasteiger partial charge in [-0.05, 0) is 91.7 Å². The number of hydrogen-bond acceptors (Lipinski definition) is 4. The van der Waals surface area contributed by atoms with Crippen LogP contribution in [-0.2, 0) is 16.1 Å². The van der Waals surface area contributed by atoms with E-state index in [2.05, 4.69) is 32.9 Å². The van der Waals surface area contributed by atoms with Gasteiger partial charge in [0.2, 0.25) is 0 Å². The van der Waals surface area contributed by atoms with Crippen molar-refractivity contribution in [3.63, 3.8) is 0 Å². The molecule has 4 aliphatic carbocycles. The first-order valence-corrected chi connectivity index (χ1v) is 13.1. The summed E-state index contributed by atoms with van der Waals surface area (Å²) in [6, 6.07) is 9.52. The first-order chi connectivity index (χ1) is 16.0. The maximum Gasteiger partial charge on any atom is 0.169 e. The third-order valence-electron chi connectivity index (χ3n) is 11.1. The molecule has 0 amide bonds. The van der Waals surface area contributed by atoms with E-state index in [9.17, 15) is 9.90 Å². The van der Waals surface area contributed by atoms with Crippen molar-refractivity contribution in [1.82, 2.24) is 0 Å². The van der Waals surface area contributed by atoms with Crippen molar-refractivity contribution in [2.45, 2.75) is 91.5 Å². The van der Waals surface area contributed by atoms with Crippen LogP contribution in [0, 0.1) is 45.3 Å². The number of benzene rings is 1. The quantitative estimate of drug-likeness (QED) is 0.421. The minimum atomic E-state index is -1.13. The maximum absolute atomic E-state index is 12.7. The second-order valence-corrected chi connectivity index (χ2v) is 12.4. The highest BCUT2D eigenvalue weighted by molar-refractivity contribution is 5.83. The second kappa shape index (κ2) is 8.04. The third-order valence-corrected chi connectivity index (χ3v) is 11.1. The molecule has 1 aromatic rings. The molecule has 3 saturated carbocycles. The van der Waals surface area contributed by atoms with Crippen molar-refractivity contribution in [3.8, 4) is 6.07 Å². The number of allylic oxidation sites excluding steroid dienone is 1. The Hall–Kier alpha value is -1.96. The highest BCUT2D eigenvalue weighted by atomic mass is 16.6. The lowest BCUT2D eigenvalue weighted by atomic mass is 9.45. The molecule has 0 saturated heterocycles. The van der Waals surface area contributed by atoms with Crippen molar-refractivity contribution < 1.29 is 14.6 Å². The first kappa shape index (κ1) is 23.8. The van der Waals surface area contributed by atoms with Gasteiger partial charge in [-0.25, -0.2) is 0 Å². The molecule has 34 heavy (non-hydrogen) atoms. The molecule has 7 atom stereocenters. The predicted molar refractivity (Wildman–Crippen MR) is 131 cm³/mol. The topological polar surface area (TPSA) is 70.3 Å². The van der Waals surface area contributed by atoms with Crippen molar-refractivity contribution in [1.29, 1.82) is 5.26 Å². The molecule has 0 aliphatic heterocycles. The number of hydrogen-bond donors (Lipinski definition) is 1. The Morgan fingerprint density at radius 1 is 1.09 bits per heavy atom. The Morgan fingerprint density at radius 2 is 1.79 bits per heavy atom. The van der Waals surface area contributed by atoms with Crippen molar-refractivity contribution >= 4 is 5.78 Å². The third kappa shape index (κ3) is 3.42. The molecule has 182 valence electrons. The van der Waals surface area contributed by atoms with E-state index in [-0.39, 0.29) is 16.2 Å². The fraction of sp³-hybridized carbons (Fsp3) is 0.667. The summed E-state index contributed by atoms with van der Waals surface area (Å²) in [5, 5.41) is 20.3. The highest BCUT2D eigenvalue weighted by Gasteiger charge is 2.64. The summed E-state index contributed by atoms with van der Waals surface area (Å²) < 4.78 is 6.09. The Balaban J connectivity index is 1.33. The van der Waals surface area contributed by atoms with Crippen LogP contribution in [0.4, 0.5) is 0 Å². The monoisotopic (exact) mass is 461 g/mol. The Bertz CT molecular complexity index is 1050. The highest BCUT2D eigenvalue weighted by Crippen LogP contribution is 2.70. The number of nitrogens with zero attached hydrogens (tertiary/aromatic N) is 1. The van der Waals surface area contributed by atoms with Crippen molar-refractivity contribution in [2.75, 3.05) is 0 Å². The summed E-state index contributed by atoms with van der Waals surface area (Å²) in [5.41, 5.74) is 3.02. The number of carbonyl (C=O) groups is 1. The van der Waals surface area contributed by atoms with E-state index in [4.69, 9.17) is 10.00 Å². The van der Waals surface area contributed by atoms with Gasteiger partial charge in [0.25, 0.3) is 0 Å². The molecule has 4 heteroatoms. The van der Waals surface area contributed by atoms with Crippen LogP contribution in [0.1, 0.15) is 90.2 Å². The van der Waals surface area contributed by atoms with Gasteiger partial charge in [0.1, 0.15) is 5.78 Å². The summed E-state index contributed by atoms with van der Waals surface area (Å²) in [6.45, 7) is 9.22. The first-order valence-electron chi connectivity index (χ1n) is 13.1. The zero-order chi connectivity index (χ0) is 24.4. The van der Waals surface area contributed by atoms with Crippen LogP contribution in [0.15, 0.2) is 35.9 Å². The largest absolute Gasteiger partial charge is 0.365 e. The number of Topliss-reactive ketones (excluding diaryl/α,β-unsaturated/α-hetero) is 1. The maximum atomic E-state index is 12.7. The van der Waals surface area contributed by atoms with Gasteiger partial charge < -0.3 is 9.84 Å².